The van der Waals surface area contributed by atoms with Crippen molar-refractivity contribution >= 4 is 24.0 Å². The number of hydrogen-bond donors (Lipinski definition) is 4. The number of hydrazine groups is 1. The van der Waals surface area contributed by atoms with Crippen molar-refractivity contribution in [2.24, 2.45) is 10.8 Å². The van der Waals surface area contributed by atoms with Crippen molar-refractivity contribution in [2.45, 2.75) is 105 Å². The summed E-state index contributed by atoms with van der Waals surface area (Å²) in [6.45, 7) is 17.2. The standard InChI is InChI=1S/C42H60N6O7/c1-40(2,3)34(45-38(51)53-10)36(49)44-32(25-28-17-13-12-14-18-28)33(55-42(7,8)9)27-48(47-37(50)35(41(4,5)6)46-39(52)54-11)26-29-20-22-30(23-21-29)31-19-15-16-24-43-31/h12-24,32-35H,25-27H2,1-11H3,(H,44,49)(H,45,51)(H,46,52)(H,47,50)/t32?,33-,34+,35+/m0/s1. The molecule has 0 saturated heterocycles. The van der Waals surface area contributed by atoms with Crippen LogP contribution in [0.3, 0.4) is 0 Å². The van der Waals surface area contributed by atoms with Gasteiger partial charge in [0.1, 0.15) is 12.1 Å². The van der Waals surface area contributed by atoms with E-state index in [0.29, 0.717) is 6.42 Å². The van der Waals surface area contributed by atoms with Gasteiger partial charge in [-0.05, 0) is 61.3 Å². The number of carbonyl (C=O) groups is 4. The number of benzene rings is 2. The maximum Gasteiger partial charge on any atom is 0.407 e. The molecule has 4 amide bonds. The summed E-state index contributed by atoms with van der Waals surface area (Å²) in [7, 11) is 2.49. The largest absolute Gasteiger partial charge is 0.453 e. The van der Waals surface area contributed by atoms with Crippen LogP contribution in [-0.2, 0) is 36.8 Å². The maximum atomic E-state index is 14.2. The molecule has 1 heterocycles. The monoisotopic (exact) mass is 760 g/mol. The van der Waals surface area contributed by atoms with E-state index in [0.717, 1.165) is 22.4 Å². The molecule has 0 aliphatic carbocycles. The molecular formula is C42H60N6O7. The molecule has 0 aliphatic heterocycles. The fourth-order valence-electron chi connectivity index (χ4n) is 5.94. The fraction of sp³-hybridized carbons (Fsp3) is 0.500. The third kappa shape index (κ3) is 14.6. The Balaban J connectivity index is 2.10. The molecule has 0 radical (unpaired) electrons. The topological polar surface area (TPSA) is 160 Å². The summed E-state index contributed by atoms with van der Waals surface area (Å²) in [5.74, 6) is -0.881. The lowest BCUT2D eigenvalue weighted by molar-refractivity contribution is -0.137. The molecule has 13 heteroatoms. The highest BCUT2D eigenvalue weighted by molar-refractivity contribution is 5.87. The average Bonchev–Trinajstić information content (AvgIpc) is 3.11. The first kappa shape index (κ1) is 44.4. The number of rotatable bonds is 15. The Morgan fingerprint density at radius 2 is 1.22 bits per heavy atom. The Morgan fingerprint density at radius 1 is 0.673 bits per heavy atom. The predicted molar refractivity (Wildman–Crippen MR) is 212 cm³/mol. The number of carbonyl (C=O) groups excluding carboxylic acids is 4. The summed E-state index contributed by atoms with van der Waals surface area (Å²) < 4.78 is 16.5. The highest BCUT2D eigenvalue weighted by atomic mass is 16.5. The Morgan fingerprint density at radius 3 is 1.71 bits per heavy atom. The van der Waals surface area contributed by atoms with Gasteiger partial charge in [0.25, 0.3) is 5.91 Å². The van der Waals surface area contributed by atoms with E-state index < -0.39 is 64.7 Å². The fourth-order valence-corrected chi connectivity index (χ4v) is 5.94. The lowest BCUT2D eigenvalue weighted by Crippen LogP contribution is -2.61. The highest BCUT2D eigenvalue weighted by Gasteiger charge is 2.39. The first-order valence-corrected chi connectivity index (χ1v) is 18.5. The lowest BCUT2D eigenvalue weighted by atomic mass is 9.85. The van der Waals surface area contributed by atoms with E-state index in [1.54, 1.807) is 11.2 Å². The SMILES string of the molecule is COC(=O)N[C@H](C(=O)NC(Cc1ccccc1)[C@H](CN(Cc1ccc(-c2ccccn2)cc1)NC(=O)[C@@H](NC(=O)OC)C(C)(C)C)OC(C)(C)C)C(C)(C)C. The zero-order chi connectivity index (χ0) is 41.0. The third-order valence-corrected chi connectivity index (χ3v) is 8.69. The lowest BCUT2D eigenvalue weighted by Gasteiger charge is -2.39. The molecule has 0 bridgehead atoms. The van der Waals surface area contributed by atoms with E-state index in [1.165, 1.54) is 14.2 Å². The smallest absolute Gasteiger partial charge is 0.407 e. The van der Waals surface area contributed by atoms with Crippen LogP contribution in [0.25, 0.3) is 11.3 Å². The van der Waals surface area contributed by atoms with Crippen LogP contribution in [-0.4, -0.2) is 84.6 Å². The van der Waals surface area contributed by atoms with Crippen LogP contribution in [0.15, 0.2) is 79.0 Å². The molecule has 0 aliphatic rings. The Bertz CT molecular complexity index is 1680. The van der Waals surface area contributed by atoms with E-state index in [1.807, 2.05) is 135 Å². The molecule has 0 spiro atoms. The summed E-state index contributed by atoms with van der Waals surface area (Å²) in [6, 6.07) is 20.7. The summed E-state index contributed by atoms with van der Waals surface area (Å²) in [5, 5.41) is 10.3. The molecular weight excluding hydrogens is 700 g/mol. The average molecular weight is 761 g/mol. The number of nitrogens with zero attached hydrogens (tertiary/aromatic N) is 2. The zero-order valence-corrected chi connectivity index (χ0v) is 34.2. The second-order valence-corrected chi connectivity index (χ2v) is 16.7. The van der Waals surface area contributed by atoms with Crippen molar-refractivity contribution in [1.29, 1.82) is 0 Å². The van der Waals surface area contributed by atoms with Crippen LogP contribution < -0.4 is 21.4 Å². The van der Waals surface area contributed by atoms with Gasteiger partial charge in [0.05, 0.1) is 37.7 Å². The van der Waals surface area contributed by atoms with E-state index in [2.05, 4.69) is 26.4 Å². The summed E-state index contributed by atoms with van der Waals surface area (Å²) in [5.41, 5.74) is 4.60. The quantitative estimate of drug-likeness (QED) is 0.136. The number of methoxy groups -OCH3 is 2. The molecule has 1 aromatic heterocycles. The zero-order valence-electron chi connectivity index (χ0n) is 34.2. The van der Waals surface area contributed by atoms with Crippen LogP contribution in [0.2, 0.25) is 0 Å². The van der Waals surface area contributed by atoms with Crippen LogP contribution in [0.5, 0.6) is 0 Å². The number of hydrogen-bond acceptors (Lipinski definition) is 9. The molecule has 55 heavy (non-hydrogen) atoms. The van der Waals surface area contributed by atoms with Gasteiger partial charge in [0.15, 0.2) is 0 Å². The van der Waals surface area contributed by atoms with Crippen molar-refractivity contribution in [3.8, 4) is 11.3 Å². The van der Waals surface area contributed by atoms with Crippen molar-refractivity contribution in [3.63, 3.8) is 0 Å². The molecule has 4 N–H and O–H groups in total. The number of alkyl carbamates (subject to hydrolysis) is 2. The minimum absolute atomic E-state index is 0.114. The minimum Gasteiger partial charge on any atom is -0.453 e. The molecule has 0 fully saturated rings. The molecule has 4 atom stereocenters. The van der Waals surface area contributed by atoms with E-state index in [-0.39, 0.29) is 13.1 Å². The van der Waals surface area contributed by atoms with Gasteiger partial charge in [-0.1, -0.05) is 102 Å². The number of amides is 4. The van der Waals surface area contributed by atoms with Crippen molar-refractivity contribution in [2.75, 3.05) is 20.8 Å². The first-order chi connectivity index (χ1) is 25.7. The molecule has 1 unspecified atom stereocenters. The number of nitrogens with one attached hydrogen (secondary N) is 4. The second-order valence-electron chi connectivity index (χ2n) is 16.7. The molecule has 3 rings (SSSR count). The van der Waals surface area contributed by atoms with Crippen LogP contribution in [0.4, 0.5) is 9.59 Å². The molecule has 3 aromatic rings. The molecule has 2 aromatic carbocycles. The van der Waals surface area contributed by atoms with Gasteiger partial charge < -0.3 is 30.2 Å². The van der Waals surface area contributed by atoms with Crippen LogP contribution >= 0.6 is 0 Å². The van der Waals surface area contributed by atoms with E-state index >= 15 is 0 Å². The van der Waals surface area contributed by atoms with Gasteiger partial charge in [-0.15, -0.1) is 0 Å². The van der Waals surface area contributed by atoms with Gasteiger partial charge >= 0.3 is 12.2 Å². The number of ether oxygens (including phenoxy) is 3. The Hall–Kier alpha value is -5.01. The molecule has 300 valence electrons. The van der Waals surface area contributed by atoms with E-state index in [4.69, 9.17) is 14.2 Å². The van der Waals surface area contributed by atoms with Crippen LogP contribution in [0, 0.1) is 10.8 Å². The predicted octanol–water partition coefficient (Wildman–Crippen LogP) is 6.03. The Labute approximate surface area is 326 Å². The molecule has 0 saturated carbocycles. The Kier molecular flexibility index (Phi) is 15.8. The normalized spacial score (nSPS) is 14.2. The minimum atomic E-state index is -0.965. The van der Waals surface area contributed by atoms with Crippen LogP contribution in [0.1, 0.15) is 73.4 Å². The number of aromatic nitrogens is 1. The van der Waals surface area contributed by atoms with Gasteiger partial charge in [0, 0.05) is 24.8 Å². The second kappa shape index (κ2) is 19.5. The summed E-state index contributed by atoms with van der Waals surface area (Å²) in [6.07, 6.45) is -0.0617. The molecule has 13 nitrogen and oxygen atoms in total. The van der Waals surface area contributed by atoms with E-state index in [9.17, 15) is 19.2 Å². The van der Waals surface area contributed by atoms with Gasteiger partial charge in [-0.3, -0.25) is 20.0 Å². The van der Waals surface area contributed by atoms with Crippen molar-refractivity contribution in [3.05, 3.63) is 90.1 Å². The maximum absolute atomic E-state index is 14.2. The van der Waals surface area contributed by atoms with Crippen molar-refractivity contribution in [1.82, 2.24) is 31.4 Å². The summed E-state index contributed by atoms with van der Waals surface area (Å²) in [4.78, 5) is 57.5. The number of pyridine rings is 1. The van der Waals surface area contributed by atoms with Gasteiger partial charge in [-0.2, -0.15) is 0 Å². The first-order valence-electron chi connectivity index (χ1n) is 18.5. The van der Waals surface area contributed by atoms with Crippen molar-refractivity contribution < 1.29 is 33.4 Å². The summed E-state index contributed by atoms with van der Waals surface area (Å²) >= 11 is 0. The third-order valence-electron chi connectivity index (χ3n) is 8.69. The van der Waals surface area contributed by atoms with Gasteiger partial charge in [0.2, 0.25) is 5.91 Å². The highest BCUT2D eigenvalue weighted by Crippen LogP contribution is 2.24. The van der Waals surface area contributed by atoms with Gasteiger partial charge in [-0.25, -0.2) is 14.6 Å².